The molecule has 8 nitrogen and oxygen atoms in total. The summed E-state index contributed by atoms with van der Waals surface area (Å²) in [7, 11) is 0. The summed E-state index contributed by atoms with van der Waals surface area (Å²) in [5.41, 5.74) is 4.71. The number of nitrogens with zero attached hydrogens (tertiary/aromatic N) is 1. The summed E-state index contributed by atoms with van der Waals surface area (Å²) in [6, 6.07) is 8.84. The van der Waals surface area contributed by atoms with Crippen LogP contribution in [0.2, 0.25) is 0 Å². The van der Waals surface area contributed by atoms with E-state index in [4.69, 9.17) is 0 Å². The zero-order valence-electron chi connectivity index (χ0n) is 15.9. The van der Waals surface area contributed by atoms with Crippen molar-refractivity contribution in [2.24, 2.45) is 0 Å². The molecule has 5 amide bonds. The molecule has 1 fully saturated rings. The fraction of sp³-hybridized carbons (Fsp3) is 0.474. The van der Waals surface area contributed by atoms with Crippen LogP contribution in [0.5, 0.6) is 0 Å². The van der Waals surface area contributed by atoms with E-state index in [1.807, 2.05) is 37.3 Å². The van der Waals surface area contributed by atoms with Crippen molar-refractivity contribution in [3.63, 3.8) is 0 Å². The first-order chi connectivity index (χ1) is 12.8. The van der Waals surface area contributed by atoms with Gasteiger partial charge in [-0.2, -0.15) is 0 Å². The number of nitrogens with one attached hydrogen (secondary N) is 3. The van der Waals surface area contributed by atoms with Crippen LogP contribution < -0.4 is 16.2 Å². The molecule has 1 aliphatic rings. The van der Waals surface area contributed by atoms with Gasteiger partial charge in [0, 0.05) is 13.0 Å². The maximum Gasteiger partial charge on any atom is 0.325 e. The Morgan fingerprint density at radius 2 is 1.81 bits per heavy atom. The first kappa shape index (κ1) is 20.4. The van der Waals surface area contributed by atoms with Crippen molar-refractivity contribution >= 4 is 23.8 Å². The summed E-state index contributed by atoms with van der Waals surface area (Å²) in [4.78, 5) is 49.3. The quantitative estimate of drug-likeness (QED) is 0.496. The molecule has 2 rings (SSSR count). The number of rotatable bonds is 7. The van der Waals surface area contributed by atoms with Gasteiger partial charge in [0.1, 0.15) is 5.54 Å². The first-order valence-electron chi connectivity index (χ1n) is 9.04. The van der Waals surface area contributed by atoms with Crippen molar-refractivity contribution in [3.8, 4) is 0 Å². The molecule has 1 aliphatic heterocycles. The maximum atomic E-state index is 12.4. The molecule has 146 valence electrons. The lowest BCUT2D eigenvalue weighted by Gasteiger charge is -2.18. The van der Waals surface area contributed by atoms with Crippen LogP contribution in [0, 0.1) is 0 Å². The van der Waals surface area contributed by atoms with Crippen LogP contribution in [-0.2, 0) is 14.4 Å². The molecule has 1 aromatic rings. The number of hydrogen-bond acceptors (Lipinski definition) is 4. The van der Waals surface area contributed by atoms with Crippen LogP contribution in [0.25, 0.3) is 0 Å². The summed E-state index contributed by atoms with van der Waals surface area (Å²) in [6.07, 6.45) is 1.38. The molecule has 1 saturated heterocycles. The zero-order chi connectivity index (χ0) is 20.0. The lowest BCUT2D eigenvalue weighted by Crippen LogP contribution is -2.45. The van der Waals surface area contributed by atoms with E-state index in [-0.39, 0.29) is 30.7 Å². The molecule has 1 atom stereocenters. The largest absolute Gasteiger partial charge is 0.325 e. The SMILES string of the molecule is CCC[C@H](C(=O)NNC(=O)CCN1C(=O)NC(C)(C)C1=O)c1ccccc1. The van der Waals surface area contributed by atoms with Crippen molar-refractivity contribution < 1.29 is 19.2 Å². The molecule has 3 N–H and O–H groups in total. The van der Waals surface area contributed by atoms with Crippen molar-refractivity contribution in [2.45, 2.75) is 51.5 Å². The van der Waals surface area contributed by atoms with Gasteiger partial charge in [0.05, 0.1) is 5.92 Å². The second kappa shape index (κ2) is 8.66. The zero-order valence-corrected chi connectivity index (χ0v) is 15.9. The van der Waals surface area contributed by atoms with E-state index in [2.05, 4.69) is 16.2 Å². The molecule has 27 heavy (non-hydrogen) atoms. The number of urea groups is 1. The van der Waals surface area contributed by atoms with E-state index in [0.29, 0.717) is 6.42 Å². The molecule has 0 aliphatic carbocycles. The molecule has 0 spiro atoms. The Balaban J connectivity index is 1.85. The average molecular weight is 374 g/mol. The van der Waals surface area contributed by atoms with E-state index in [1.54, 1.807) is 13.8 Å². The van der Waals surface area contributed by atoms with E-state index in [0.717, 1.165) is 16.9 Å². The molecule has 1 aromatic carbocycles. The Morgan fingerprint density at radius 3 is 2.37 bits per heavy atom. The Morgan fingerprint density at radius 1 is 1.15 bits per heavy atom. The number of hydrogen-bond donors (Lipinski definition) is 3. The fourth-order valence-electron chi connectivity index (χ4n) is 2.94. The van der Waals surface area contributed by atoms with Gasteiger partial charge in [0.2, 0.25) is 11.8 Å². The highest BCUT2D eigenvalue weighted by Crippen LogP contribution is 2.21. The van der Waals surface area contributed by atoms with Crippen LogP contribution >= 0.6 is 0 Å². The Labute approximate surface area is 158 Å². The predicted octanol–water partition coefficient (Wildman–Crippen LogP) is 1.44. The van der Waals surface area contributed by atoms with Crippen LogP contribution in [0.1, 0.15) is 51.5 Å². The number of amides is 5. The minimum atomic E-state index is -0.967. The maximum absolute atomic E-state index is 12.4. The lowest BCUT2D eigenvalue weighted by atomic mass is 9.94. The topological polar surface area (TPSA) is 108 Å². The Bertz CT molecular complexity index is 718. The third-order valence-corrected chi connectivity index (χ3v) is 4.43. The molecule has 0 unspecified atom stereocenters. The Kier molecular flexibility index (Phi) is 6.55. The van der Waals surface area contributed by atoms with Gasteiger partial charge in [-0.25, -0.2) is 4.79 Å². The van der Waals surface area contributed by atoms with Gasteiger partial charge < -0.3 is 5.32 Å². The predicted molar refractivity (Wildman–Crippen MR) is 99.3 cm³/mol. The number of benzene rings is 1. The smallest absolute Gasteiger partial charge is 0.324 e. The second-order valence-corrected chi connectivity index (χ2v) is 7.05. The highest BCUT2D eigenvalue weighted by Gasteiger charge is 2.44. The summed E-state index contributed by atoms with van der Waals surface area (Å²) in [5, 5.41) is 2.55. The molecular weight excluding hydrogens is 348 g/mol. The van der Waals surface area contributed by atoms with Crippen LogP contribution in [0.4, 0.5) is 4.79 Å². The van der Waals surface area contributed by atoms with Gasteiger partial charge in [-0.1, -0.05) is 43.7 Å². The molecule has 8 heteroatoms. The van der Waals surface area contributed by atoms with Gasteiger partial charge in [0.25, 0.3) is 5.91 Å². The van der Waals surface area contributed by atoms with Gasteiger partial charge in [-0.15, -0.1) is 0 Å². The van der Waals surface area contributed by atoms with Crippen molar-refractivity contribution in [1.82, 2.24) is 21.1 Å². The summed E-state index contributed by atoms with van der Waals surface area (Å²) < 4.78 is 0. The third-order valence-electron chi connectivity index (χ3n) is 4.43. The molecular formula is C19H26N4O4. The highest BCUT2D eigenvalue weighted by atomic mass is 16.2. The van der Waals surface area contributed by atoms with E-state index < -0.39 is 17.5 Å². The minimum absolute atomic E-state index is 0.0487. The lowest BCUT2D eigenvalue weighted by molar-refractivity contribution is -0.132. The summed E-state index contributed by atoms with van der Waals surface area (Å²) in [6.45, 7) is 5.14. The molecule has 0 saturated carbocycles. The molecule has 0 aromatic heterocycles. The van der Waals surface area contributed by atoms with Crippen molar-refractivity contribution in [3.05, 3.63) is 35.9 Å². The van der Waals surface area contributed by atoms with E-state index in [9.17, 15) is 19.2 Å². The van der Waals surface area contributed by atoms with Crippen LogP contribution in [0.15, 0.2) is 30.3 Å². The van der Waals surface area contributed by atoms with Crippen molar-refractivity contribution in [2.75, 3.05) is 6.54 Å². The van der Waals surface area contributed by atoms with Gasteiger partial charge in [-0.05, 0) is 25.8 Å². The van der Waals surface area contributed by atoms with E-state index >= 15 is 0 Å². The summed E-state index contributed by atoms with van der Waals surface area (Å²) >= 11 is 0. The number of carbonyl (C=O) groups excluding carboxylic acids is 4. The third kappa shape index (κ3) is 5.06. The fourth-order valence-corrected chi connectivity index (χ4v) is 2.94. The van der Waals surface area contributed by atoms with Crippen LogP contribution in [-0.4, -0.2) is 40.7 Å². The highest BCUT2D eigenvalue weighted by molar-refractivity contribution is 6.06. The number of carbonyl (C=O) groups is 4. The van der Waals surface area contributed by atoms with E-state index in [1.165, 1.54) is 0 Å². The average Bonchev–Trinajstić information content (AvgIpc) is 2.83. The van der Waals surface area contributed by atoms with Crippen LogP contribution in [0.3, 0.4) is 0 Å². The first-order valence-corrected chi connectivity index (χ1v) is 9.04. The molecule has 1 heterocycles. The van der Waals surface area contributed by atoms with Gasteiger partial charge in [0.15, 0.2) is 0 Å². The Hall–Kier alpha value is -2.90. The minimum Gasteiger partial charge on any atom is -0.324 e. The molecule has 0 radical (unpaired) electrons. The molecule has 0 bridgehead atoms. The summed E-state index contributed by atoms with van der Waals surface area (Å²) in [5.74, 6) is -1.51. The second-order valence-electron chi connectivity index (χ2n) is 7.05. The number of hydrazine groups is 1. The standard InChI is InChI=1S/C19H26N4O4/c1-4-8-14(13-9-6-5-7-10-13)16(25)22-21-15(24)11-12-23-17(26)19(2,3)20-18(23)27/h5-7,9-10,14H,4,8,11-12H2,1-3H3,(H,20,27)(H,21,24)(H,22,25)/t14-/m0/s1. The number of imide groups is 1. The van der Waals surface area contributed by atoms with Crippen molar-refractivity contribution in [1.29, 1.82) is 0 Å². The normalized spacial score (nSPS) is 16.6. The van der Waals surface area contributed by atoms with Gasteiger partial charge in [-0.3, -0.25) is 30.1 Å². The van der Waals surface area contributed by atoms with Gasteiger partial charge >= 0.3 is 6.03 Å². The monoisotopic (exact) mass is 374 g/mol.